The van der Waals surface area contributed by atoms with Crippen molar-refractivity contribution in [2.24, 2.45) is 11.7 Å². The second-order valence-electron chi connectivity index (χ2n) is 4.39. The van der Waals surface area contributed by atoms with Crippen LogP contribution in [0.4, 0.5) is 0 Å². The Labute approximate surface area is 95.5 Å². The molecule has 1 unspecified atom stereocenters. The molecule has 0 aromatic heterocycles. The lowest BCUT2D eigenvalue weighted by Gasteiger charge is -2.29. The molecule has 0 aromatic rings. The van der Waals surface area contributed by atoms with Gasteiger partial charge in [0.2, 0.25) is 5.91 Å². The summed E-state index contributed by atoms with van der Waals surface area (Å²) in [5, 5.41) is 2.84. The molecule has 0 aromatic carbocycles. The minimum absolute atomic E-state index is 0.0208. The Hall–Kier alpha value is -0.680. The van der Waals surface area contributed by atoms with Gasteiger partial charge in [0.15, 0.2) is 0 Å². The predicted molar refractivity (Wildman–Crippen MR) is 62.6 cm³/mol. The fourth-order valence-corrected chi connectivity index (χ4v) is 1.47. The largest absolute Gasteiger partial charge is 0.391 e. The van der Waals surface area contributed by atoms with Gasteiger partial charge in [0.25, 0.3) is 0 Å². The highest BCUT2D eigenvalue weighted by Gasteiger charge is 2.29. The van der Waals surface area contributed by atoms with E-state index in [1.54, 1.807) is 13.8 Å². The van der Waals surface area contributed by atoms with Crippen molar-refractivity contribution in [3.8, 4) is 0 Å². The van der Waals surface area contributed by atoms with Gasteiger partial charge in [-0.05, 0) is 26.7 Å². The third-order valence-corrected chi connectivity index (χ3v) is 3.09. The van der Waals surface area contributed by atoms with Gasteiger partial charge < -0.3 is 15.8 Å². The Morgan fingerprint density at radius 3 is 2.73 bits per heavy atom. The lowest BCUT2D eigenvalue weighted by molar-refractivity contribution is -0.129. The van der Waals surface area contributed by atoms with Gasteiger partial charge in [0, 0.05) is 6.61 Å². The van der Waals surface area contributed by atoms with Crippen LogP contribution in [0.5, 0.6) is 0 Å². The van der Waals surface area contributed by atoms with E-state index >= 15 is 0 Å². The molecule has 1 fully saturated rings. The molecule has 1 amide bonds. The lowest BCUT2D eigenvalue weighted by Crippen LogP contribution is -2.54. The maximum absolute atomic E-state index is 11.8. The molecule has 86 valence electrons. The first-order valence-corrected chi connectivity index (χ1v) is 5.54. The number of ether oxygens (including phenoxy) is 1. The van der Waals surface area contributed by atoms with E-state index in [-0.39, 0.29) is 11.8 Å². The van der Waals surface area contributed by atoms with Crippen molar-refractivity contribution >= 4 is 23.1 Å². The molecule has 1 aliphatic rings. The van der Waals surface area contributed by atoms with Crippen molar-refractivity contribution in [1.29, 1.82) is 0 Å². The summed E-state index contributed by atoms with van der Waals surface area (Å²) in [5.41, 5.74) is 4.91. The highest BCUT2D eigenvalue weighted by Crippen LogP contribution is 2.15. The molecule has 4 nitrogen and oxygen atoms in total. The molecule has 5 heteroatoms. The van der Waals surface area contributed by atoms with E-state index in [4.69, 9.17) is 22.7 Å². The van der Waals surface area contributed by atoms with Gasteiger partial charge in [0.1, 0.15) is 0 Å². The molecule has 1 rings (SSSR count). The van der Waals surface area contributed by atoms with Crippen LogP contribution >= 0.6 is 12.2 Å². The maximum Gasteiger partial charge on any atom is 0.226 e. The zero-order chi connectivity index (χ0) is 11.5. The molecular weight excluding hydrogens is 212 g/mol. The van der Waals surface area contributed by atoms with Gasteiger partial charge in [-0.1, -0.05) is 12.2 Å². The third kappa shape index (κ3) is 3.43. The molecule has 0 spiro atoms. The summed E-state index contributed by atoms with van der Waals surface area (Å²) in [6.45, 7) is 4.86. The Kier molecular flexibility index (Phi) is 4.04. The summed E-state index contributed by atoms with van der Waals surface area (Å²) in [6, 6.07) is 0. The van der Waals surface area contributed by atoms with Crippen molar-refractivity contribution in [3.63, 3.8) is 0 Å². The van der Waals surface area contributed by atoms with Crippen LogP contribution in [-0.2, 0) is 9.53 Å². The SMILES string of the molecule is CC(C)(NC(=O)C1CCCOC1)C(N)=S. The molecule has 1 atom stereocenters. The minimum atomic E-state index is -0.621. The van der Waals surface area contributed by atoms with Crippen LogP contribution in [0.25, 0.3) is 0 Å². The van der Waals surface area contributed by atoms with Crippen LogP contribution in [0.2, 0.25) is 0 Å². The minimum Gasteiger partial charge on any atom is -0.391 e. The summed E-state index contributed by atoms with van der Waals surface area (Å²) in [4.78, 5) is 12.1. The number of amides is 1. The number of carbonyl (C=O) groups excluding carboxylic acids is 1. The normalized spacial score (nSPS) is 22.1. The average Bonchev–Trinajstić information content (AvgIpc) is 2.18. The van der Waals surface area contributed by atoms with E-state index in [9.17, 15) is 4.79 Å². The number of thiocarbonyl (C=S) groups is 1. The maximum atomic E-state index is 11.8. The van der Waals surface area contributed by atoms with Crippen LogP contribution in [0.15, 0.2) is 0 Å². The van der Waals surface area contributed by atoms with Gasteiger partial charge in [-0.3, -0.25) is 4.79 Å². The van der Waals surface area contributed by atoms with Crippen LogP contribution < -0.4 is 11.1 Å². The van der Waals surface area contributed by atoms with Gasteiger partial charge >= 0.3 is 0 Å². The topological polar surface area (TPSA) is 64.3 Å². The van der Waals surface area contributed by atoms with E-state index in [0.717, 1.165) is 19.4 Å². The second kappa shape index (κ2) is 4.90. The Balaban J connectivity index is 2.50. The molecule has 1 aliphatic heterocycles. The number of hydrogen-bond donors (Lipinski definition) is 2. The fraction of sp³-hybridized carbons (Fsp3) is 0.800. The monoisotopic (exact) mass is 230 g/mol. The number of nitrogens with two attached hydrogens (primary N) is 1. The van der Waals surface area contributed by atoms with Crippen LogP contribution in [0, 0.1) is 5.92 Å². The zero-order valence-electron chi connectivity index (χ0n) is 9.21. The summed E-state index contributed by atoms with van der Waals surface area (Å²) in [7, 11) is 0. The van der Waals surface area contributed by atoms with Crippen molar-refractivity contribution < 1.29 is 9.53 Å². The summed E-state index contributed by atoms with van der Waals surface area (Å²) in [6.07, 6.45) is 1.81. The molecule has 1 heterocycles. The van der Waals surface area contributed by atoms with Gasteiger partial charge in [-0.15, -0.1) is 0 Å². The quantitative estimate of drug-likeness (QED) is 0.697. The first-order valence-electron chi connectivity index (χ1n) is 5.13. The second-order valence-corrected chi connectivity index (χ2v) is 4.83. The molecule has 1 saturated heterocycles. The summed E-state index contributed by atoms with van der Waals surface area (Å²) < 4.78 is 5.25. The van der Waals surface area contributed by atoms with E-state index in [1.807, 2.05) is 0 Å². The number of carbonyl (C=O) groups is 1. The summed E-state index contributed by atoms with van der Waals surface area (Å²) in [5.74, 6) is -0.0834. The average molecular weight is 230 g/mol. The van der Waals surface area contributed by atoms with E-state index < -0.39 is 5.54 Å². The standard InChI is InChI=1S/C10H18N2O2S/c1-10(2,9(11)15)12-8(13)7-4-3-5-14-6-7/h7H,3-6H2,1-2H3,(H2,11,15)(H,12,13). The molecule has 15 heavy (non-hydrogen) atoms. The Morgan fingerprint density at radius 1 is 1.60 bits per heavy atom. The first-order chi connectivity index (χ1) is 6.93. The van der Waals surface area contributed by atoms with Crippen molar-refractivity contribution in [2.45, 2.75) is 32.2 Å². The summed E-state index contributed by atoms with van der Waals surface area (Å²) >= 11 is 4.88. The molecule has 0 bridgehead atoms. The van der Waals surface area contributed by atoms with Crippen molar-refractivity contribution in [1.82, 2.24) is 5.32 Å². The Morgan fingerprint density at radius 2 is 2.27 bits per heavy atom. The molecule has 3 N–H and O–H groups in total. The van der Waals surface area contributed by atoms with E-state index in [1.165, 1.54) is 0 Å². The van der Waals surface area contributed by atoms with Crippen molar-refractivity contribution in [2.75, 3.05) is 13.2 Å². The van der Waals surface area contributed by atoms with Crippen LogP contribution in [-0.4, -0.2) is 29.6 Å². The third-order valence-electron chi connectivity index (χ3n) is 2.58. The predicted octanol–water partition coefficient (Wildman–Crippen LogP) is 0.594. The molecule has 0 saturated carbocycles. The number of nitrogens with one attached hydrogen (secondary N) is 1. The van der Waals surface area contributed by atoms with Crippen LogP contribution in [0.1, 0.15) is 26.7 Å². The van der Waals surface area contributed by atoms with Gasteiger partial charge in [-0.25, -0.2) is 0 Å². The fourth-order valence-electron chi connectivity index (χ4n) is 1.42. The Bertz CT molecular complexity index is 260. The highest BCUT2D eigenvalue weighted by atomic mass is 32.1. The molecule has 0 radical (unpaired) electrons. The number of rotatable bonds is 3. The number of hydrogen-bond acceptors (Lipinski definition) is 3. The first kappa shape index (κ1) is 12.4. The van der Waals surface area contributed by atoms with E-state index in [2.05, 4.69) is 5.32 Å². The lowest BCUT2D eigenvalue weighted by atomic mass is 9.98. The van der Waals surface area contributed by atoms with Crippen molar-refractivity contribution in [3.05, 3.63) is 0 Å². The molecule has 0 aliphatic carbocycles. The highest BCUT2D eigenvalue weighted by molar-refractivity contribution is 7.80. The smallest absolute Gasteiger partial charge is 0.226 e. The molecular formula is C10H18N2O2S. The van der Waals surface area contributed by atoms with Crippen LogP contribution in [0.3, 0.4) is 0 Å². The van der Waals surface area contributed by atoms with Gasteiger partial charge in [0.05, 0.1) is 23.1 Å². The van der Waals surface area contributed by atoms with Gasteiger partial charge in [-0.2, -0.15) is 0 Å². The van der Waals surface area contributed by atoms with E-state index in [0.29, 0.717) is 11.6 Å². The zero-order valence-corrected chi connectivity index (χ0v) is 10.0.